The van der Waals surface area contributed by atoms with E-state index in [0.29, 0.717) is 13.0 Å². The number of thioether (sulfide) groups is 1. The van der Waals surface area contributed by atoms with Crippen LogP contribution in [0.1, 0.15) is 19.8 Å². The zero-order valence-corrected chi connectivity index (χ0v) is 13.2. The number of amides is 1. The van der Waals surface area contributed by atoms with Crippen molar-refractivity contribution in [1.82, 2.24) is 4.90 Å². The molecular weight excluding hydrogens is 294 g/mol. The fourth-order valence-electron chi connectivity index (χ4n) is 2.38. The predicted octanol–water partition coefficient (Wildman–Crippen LogP) is 3.05. The Morgan fingerprint density at radius 3 is 2.95 bits per heavy atom. The first-order chi connectivity index (χ1) is 9.58. The summed E-state index contributed by atoms with van der Waals surface area (Å²) in [5, 5.41) is 10.3. The van der Waals surface area contributed by atoms with Crippen LogP contribution < -0.4 is 0 Å². The summed E-state index contributed by atoms with van der Waals surface area (Å²) < 4.78 is 0. The van der Waals surface area contributed by atoms with E-state index in [4.69, 9.17) is 11.6 Å². The minimum Gasteiger partial charge on any atom is -0.393 e. The summed E-state index contributed by atoms with van der Waals surface area (Å²) in [6, 6.07) is 7.68. The van der Waals surface area contributed by atoms with Crippen LogP contribution >= 0.6 is 23.4 Å². The Morgan fingerprint density at radius 1 is 1.55 bits per heavy atom. The highest BCUT2D eigenvalue weighted by Crippen LogP contribution is 2.27. The monoisotopic (exact) mass is 313 g/mol. The molecule has 2 unspecified atom stereocenters. The second-order valence-electron chi connectivity index (χ2n) is 5.16. The lowest BCUT2D eigenvalue weighted by atomic mass is 10.0. The normalized spacial score (nSPS) is 20.1. The second kappa shape index (κ2) is 7.34. The van der Waals surface area contributed by atoms with E-state index in [9.17, 15) is 9.90 Å². The van der Waals surface area contributed by atoms with Gasteiger partial charge < -0.3 is 10.0 Å². The first-order valence-corrected chi connectivity index (χ1v) is 8.27. The molecule has 1 saturated heterocycles. The van der Waals surface area contributed by atoms with Crippen molar-refractivity contribution in [2.24, 2.45) is 5.92 Å². The van der Waals surface area contributed by atoms with Crippen molar-refractivity contribution in [1.29, 1.82) is 0 Å². The molecule has 0 aliphatic carbocycles. The van der Waals surface area contributed by atoms with E-state index in [1.807, 2.05) is 29.2 Å². The average molecular weight is 314 g/mol. The number of rotatable bonds is 5. The van der Waals surface area contributed by atoms with Gasteiger partial charge in [-0.05, 0) is 25.5 Å². The fourth-order valence-corrected chi connectivity index (χ4v) is 3.55. The third-order valence-corrected chi connectivity index (χ3v) is 5.19. The van der Waals surface area contributed by atoms with Gasteiger partial charge in [-0.25, -0.2) is 0 Å². The first-order valence-electron chi connectivity index (χ1n) is 6.91. The summed E-state index contributed by atoms with van der Waals surface area (Å²) in [7, 11) is 0. The van der Waals surface area contributed by atoms with Crippen molar-refractivity contribution in [3.63, 3.8) is 0 Å². The van der Waals surface area contributed by atoms with Gasteiger partial charge in [0, 0.05) is 36.1 Å². The van der Waals surface area contributed by atoms with E-state index in [0.717, 1.165) is 28.6 Å². The van der Waals surface area contributed by atoms with Gasteiger partial charge in [0.2, 0.25) is 5.91 Å². The van der Waals surface area contributed by atoms with Crippen molar-refractivity contribution in [3.05, 3.63) is 29.3 Å². The van der Waals surface area contributed by atoms with Gasteiger partial charge in [-0.1, -0.05) is 23.7 Å². The number of aliphatic hydroxyl groups excluding tert-OH is 1. The quantitative estimate of drug-likeness (QED) is 0.849. The van der Waals surface area contributed by atoms with E-state index in [1.54, 1.807) is 18.7 Å². The Kier molecular flexibility index (Phi) is 5.75. The molecule has 2 rings (SSSR count). The topological polar surface area (TPSA) is 40.5 Å². The Bertz CT molecular complexity index is 467. The number of hydrogen-bond acceptors (Lipinski definition) is 3. The molecule has 0 radical (unpaired) electrons. The summed E-state index contributed by atoms with van der Waals surface area (Å²) in [5.41, 5.74) is 0. The average Bonchev–Trinajstić information content (AvgIpc) is 2.91. The maximum atomic E-state index is 12.1. The van der Waals surface area contributed by atoms with Crippen molar-refractivity contribution in [2.45, 2.75) is 30.8 Å². The molecule has 1 N–H and O–H groups in total. The molecule has 1 aromatic carbocycles. The summed E-state index contributed by atoms with van der Waals surface area (Å²) in [6.45, 7) is 3.25. The number of carbonyl (C=O) groups excluding carboxylic acids is 1. The zero-order valence-electron chi connectivity index (χ0n) is 11.6. The van der Waals surface area contributed by atoms with E-state index >= 15 is 0 Å². The lowest BCUT2D eigenvalue weighted by molar-refractivity contribution is -0.129. The Balaban J connectivity index is 1.75. The van der Waals surface area contributed by atoms with Crippen LogP contribution in [-0.4, -0.2) is 40.9 Å². The molecule has 3 nitrogen and oxygen atoms in total. The van der Waals surface area contributed by atoms with Gasteiger partial charge in [-0.3, -0.25) is 4.79 Å². The number of hydrogen-bond donors (Lipinski definition) is 1. The molecule has 1 heterocycles. The van der Waals surface area contributed by atoms with Crippen molar-refractivity contribution >= 4 is 29.3 Å². The number of aliphatic hydroxyl groups is 1. The molecular formula is C15H20ClNO2S. The molecule has 1 aliphatic heterocycles. The Morgan fingerprint density at radius 2 is 2.30 bits per heavy atom. The minimum atomic E-state index is -0.328. The molecule has 0 spiro atoms. The van der Waals surface area contributed by atoms with Crippen LogP contribution in [0.15, 0.2) is 29.2 Å². The summed E-state index contributed by atoms with van der Waals surface area (Å²) in [6.07, 6.45) is 1.09. The number of likely N-dealkylation sites (tertiary alicyclic amines) is 1. The smallest absolute Gasteiger partial charge is 0.223 e. The van der Waals surface area contributed by atoms with Crippen LogP contribution in [-0.2, 0) is 4.79 Å². The molecule has 20 heavy (non-hydrogen) atoms. The third-order valence-electron chi connectivity index (χ3n) is 3.67. The Labute approximate surface area is 129 Å². The molecule has 1 aromatic rings. The molecule has 2 atom stereocenters. The maximum absolute atomic E-state index is 12.1. The van der Waals surface area contributed by atoms with E-state index in [1.165, 1.54) is 0 Å². The van der Waals surface area contributed by atoms with Crippen LogP contribution in [0.5, 0.6) is 0 Å². The van der Waals surface area contributed by atoms with Crippen LogP contribution in [0.2, 0.25) is 5.02 Å². The van der Waals surface area contributed by atoms with Gasteiger partial charge in [-0.15, -0.1) is 11.8 Å². The van der Waals surface area contributed by atoms with Crippen molar-refractivity contribution < 1.29 is 9.90 Å². The SMILES string of the molecule is CC(O)C1CCN(C(=O)CCSc2ccccc2Cl)C1. The lowest BCUT2D eigenvalue weighted by Gasteiger charge is -2.17. The standard InChI is InChI=1S/C15H20ClNO2S/c1-11(18)12-6-8-17(10-12)15(19)7-9-20-14-5-3-2-4-13(14)16/h2-5,11-12,18H,6-10H2,1H3. The van der Waals surface area contributed by atoms with E-state index in [-0.39, 0.29) is 17.9 Å². The van der Waals surface area contributed by atoms with Crippen molar-refractivity contribution in [3.8, 4) is 0 Å². The fraction of sp³-hybridized carbons (Fsp3) is 0.533. The summed E-state index contributed by atoms with van der Waals surface area (Å²) in [4.78, 5) is 15.0. The summed E-state index contributed by atoms with van der Waals surface area (Å²) in [5.74, 6) is 1.14. The Hall–Kier alpha value is -0.710. The molecule has 1 fully saturated rings. The second-order valence-corrected chi connectivity index (χ2v) is 6.70. The van der Waals surface area contributed by atoms with Gasteiger partial charge in [0.25, 0.3) is 0 Å². The number of carbonyl (C=O) groups is 1. The molecule has 1 aliphatic rings. The van der Waals surface area contributed by atoms with Crippen LogP contribution in [0.25, 0.3) is 0 Å². The highest BCUT2D eigenvalue weighted by molar-refractivity contribution is 7.99. The lowest BCUT2D eigenvalue weighted by Crippen LogP contribution is -2.30. The molecule has 5 heteroatoms. The number of benzene rings is 1. The highest BCUT2D eigenvalue weighted by Gasteiger charge is 2.28. The minimum absolute atomic E-state index is 0.174. The highest BCUT2D eigenvalue weighted by atomic mass is 35.5. The largest absolute Gasteiger partial charge is 0.393 e. The molecule has 110 valence electrons. The van der Waals surface area contributed by atoms with Crippen LogP contribution in [0.4, 0.5) is 0 Å². The predicted molar refractivity (Wildman–Crippen MR) is 83.2 cm³/mol. The van der Waals surface area contributed by atoms with Gasteiger partial charge in [0.15, 0.2) is 0 Å². The van der Waals surface area contributed by atoms with E-state index < -0.39 is 0 Å². The molecule has 0 saturated carbocycles. The van der Waals surface area contributed by atoms with Crippen LogP contribution in [0, 0.1) is 5.92 Å². The van der Waals surface area contributed by atoms with Gasteiger partial charge in [-0.2, -0.15) is 0 Å². The van der Waals surface area contributed by atoms with Gasteiger partial charge in [0.05, 0.1) is 11.1 Å². The zero-order chi connectivity index (χ0) is 14.5. The van der Waals surface area contributed by atoms with Gasteiger partial charge >= 0.3 is 0 Å². The maximum Gasteiger partial charge on any atom is 0.223 e. The van der Waals surface area contributed by atoms with E-state index in [2.05, 4.69) is 0 Å². The van der Waals surface area contributed by atoms with Crippen LogP contribution in [0.3, 0.4) is 0 Å². The van der Waals surface area contributed by atoms with Gasteiger partial charge in [0.1, 0.15) is 0 Å². The first kappa shape index (κ1) is 15.7. The van der Waals surface area contributed by atoms with Crippen molar-refractivity contribution in [2.75, 3.05) is 18.8 Å². The number of nitrogens with zero attached hydrogens (tertiary/aromatic N) is 1. The summed E-state index contributed by atoms with van der Waals surface area (Å²) >= 11 is 7.69. The third kappa shape index (κ3) is 4.14. The number of halogens is 1. The molecule has 0 bridgehead atoms. The molecule has 0 aromatic heterocycles. The molecule has 1 amide bonds.